The number of fused-ring (bicyclic) bond motifs is 1. The van der Waals surface area contributed by atoms with Crippen molar-refractivity contribution in [1.29, 1.82) is 0 Å². The van der Waals surface area contributed by atoms with Crippen LogP contribution in [0.25, 0.3) is 0 Å². The minimum Gasteiger partial charge on any atom is -0.363 e. The highest BCUT2D eigenvalue weighted by Crippen LogP contribution is 2.37. The van der Waals surface area contributed by atoms with Gasteiger partial charge in [0.1, 0.15) is 11.5 Å². The SMILES string of the molecule is Ic1n[nH]c2c1N=C(C1CC1)CN2. The molecule has 1 saturated carbocycles. The second-order valence-electron chi connectivity index (χ2n) is 3.47. The number of nitrogens with zero attached hydrogens (tertiary/aromatic N) is 2. The fourth-order valence-corrected chi connectivity index (χ4v) is 2.06. The van der Waals surface area contributed by atoms with Crippen molar-refractivity contribution < 1.29 is 0 Å². The molecule has 13 heavy (non-hydrogen) atoms. The Morgan fingerprint density at radius 2 is 2.23 bits per heavy atom. The van der Waals surface area contributed by atoms with E-state index in [1.807, 2.05) is 0 Å². The molecular weight excluding hydrogens is 279 g/mol. The summed E-state index contributed by atoms with van der Waals surface area (Å²) >= 11 is 2.20. The maximum Gasteiger partial charge on any atom is 0.150 e. The molecule has 0 amide bonds. The molecular formula is C8H9IN4. The van der Waals surface area contributed by atoms with Crippen molar-refractivity contribution in [1.82, 2.24) is 10.2 Å². The number of hydrogen-bond acceptors (Lipinski definition) is 3. The van der Waals surface area contributed by atoms with E-state index in [1.165, 1.54) is 18.6 Å². The highest BCUT2D eigenvalue weighted by Gasteiger charge is 2.30. The smallest absolute Gasteiger partial charge is 0.150 e. The standard InChI is InChI=1S/C8H9IN4/c9-7-6-8(13-12-7)10-3-5(11-6)4-1-2-4/h4H,1-3H2,(H2,10,12,13). The fourth-order valence-electron chi connectivity index (χ4n) is 1.55. The van der Waals surface area contributed by atoms with Crippen LogP contribution < -0.4 is 5.32 Å². The van der Waals surface area contributed by atoms with Gasteiger partial charge in [-0.15, -0.1) is 0 Å². The molecule has 0 unspecified atom stereocenters. The molecule has 0 aromatic carbocycles. The Bertz CT molecular complexity index is 377. The highest BCUT2D eigenvalue weighted by atomic mass is 127. The summed E-state index contributed by atoms with van der Waals surface area (Å²) in [5.74, 6) is 1.71. The minimum absolute atomic E-state index is 0.742. The molecule has 1 aliphatic heterocycles. The van der Waals surface area contributed by atoms with Gasteiger partial charge in [-0.1, -0.05) is 0 Å². The Labute approximate surface area is 89.3 Å². The molecule has 68 valence electrons. The molecule has 1 aromatic rings. The molecule has 1 aliphatic carbocycles. The van der Waals surface area contributed by atoms with Crippen molar-refractivity contribution in [3.8, 4) is 0 Å². The highest BCUT2D eigenvalue weighted by molar-refractivity contribution is 14.1. The number of aliphatic imine (C=N–C) groups is 1. The number of H-pyrrole nitrogens is 1. The van der Waals surface area contributed by atoms with Crippen molar-refractivity contribution >= 4 is 39.8 Å². The van der Waals surface area contributed by atoms with Gasteiger partial charge in [-0.2, -0.15) is 5.10 Å². The van der Waals surface area contributed by atoms with Crippen molar-refractivity contribution in [3.63, 3.8) is 0 Å². The Hall–Kier alpha value is -0.590. The molecule has 3 rings (SSSR count). The third kappa shape index (κ3) is 1.25. The fraction of sp³-hybridized carbons (Fsp3) is 0.500. The van der Waals surface area contributed by atoms with Crippen LogP contribution in [0.1, 0.15) is 12.8 Å². The van der Waals surface area contributed by atoms with Gasteiger partial charge in [0.2, 0.25) is 0 Å². The molecule has 0 saturated heterocycles. The predicted molar refractivity (Wildman–Crippen MR) is 59.6 cm³/mol. The third-order valence-electron chi connectivity index (χ3n) is 2.45. The van der Waals surface area contributed by atoms with Crippen LogP contribution in [0.4, 0.5) is 11.5 Å². The van der Waals surface area contributed by atoms with Crippen molar-refractivity contribution in [2.75, 3.05) is 11.9 Å². The number of rotatable bonds is 1. The molecule has 5 heteroatoms. The first kappa shape index (κ1) is 7.78. The van der Waals surface area contributed by atoms with Crippen LogP contribution in [0.2, 0.25) is 0 Å². The molecule has 2 aliphatic rings. The van der Waals surface area contributed by atoms with Crippen LogP contribution in [0.3, 0.4) is 0 Å². The van der Waals surface area contributed by atoms with E-state index in [9.17, 15) is 0 Å². The van der Waals surface area contributed by atoms with E-state index in [2.05, 4.69) is 43.1 Å². The first-order chi connectivity index (χ1) is 6.34. The summed E-state index contributed by atoms with van der Waals surface area (Å²) in [5.41, 5.74) is 2.29. The first-order valence-corrected chi connectivity index (χ1v) is 5.47. The summed E-state index contributed by atoms with van der Waals surface area (Å²) < 4.78 is 0.956. The summed E-state index contributed by atoms with van der Waals surface area (Å²) in [4.78, 5) is 4.62. The minimum atomic E-state index is 0.742. The monoisotopic (exact) mass is 288 g/mol. The van der Waals surface area contributed by atoms with Gasteiger partial charge in [0, 0.05) is 5.71 Å². The summed E-state index contributed by atoms with van der Waals surface area (Å²) in [5, 5.41) is 10.3. The van der Waals surface area contributed by atoms with Gasteiger partial charge >= 0.3 is 0 Å². The third-order valence-corrected chi connectivity index (χ3v) is 3.20. The maximum absolute atomic E-state index is 4.62. The number of nitrogens with one attached hydrogen (secondary N) is 2. The molecule has 0 spiro atoms. The summed E-state index contributed by atoms with van der Waals surface area (Å²) in [7, 11) is 0. The van der Waals surface area contributed by atoms with E-state index >= 15 is 0 Å². The van der Waals surface area contributed by atoms with E-state index in [0.717, 1.165) is 27.7 Å². The number of aromatic nitrogens is 2. The van der Waals surface area contributed by atoms with Gasteiger partial charge in [-0.3, -0.25) is 5.10 Å². The van der Waals surface area contributed by atoms with Gasteiger partial charge in [0.15, 0.2) is 3.70 Å². The Balaban J connectivity index is 2.04. The quantitative estimate of drug-likeness (QED) is 0.776. The Kier molecular flexibility index (Phi) is 1.61. The first-order valence-electron chi connectivity index (χ1n) is 4.40. The molecule has 1 aromatic heterocycles. The molecule has 0 radical (unpaired) electrons. The van der Waals surface area contributed by atoms with E-state index in [4.69, 9.17) is 0 Å². The van der Waals surface area contributed by atoms with Gasteiger partial charge in [-0.25, -0.2) is 4.99 Å². The van der Waals surface area contributed by atoms with E-state index in [0.29, 0.717) is 0 Å². The lowest BCUT2D eigenvalue weighted by Gasteiger charge is -2.13. The summed E-state index contributed by atoms with van der Waals surface area (Å²) in [6, 6.07) is 0. The summed E-state index contributed by atoms with van der Waals surface area (Å²) in [6.07, 6.45) is 2.62. The lowest BCUT2D eigenvalue weighted by Crippen LogP contribution is -2.19. The Morgan fingerprint density at radius 1 is 1.38 bits per heavy atom. The number of hydrogen-bond donors (Lipinski definition) is 2. The van der Waals surface area contributed by atoms with Crippen LogP contribution in [0, 0.1) is 9.62 Å². The number of aromatic amines is 1. The summed E-state index contributed by atoms with van der Waals surface area (Å²) in [6.45, 7) is 0.885. The largest absolute Gasteiger partial charge is 0.363 e. The number of anilines is 1. The van der Waals surface area contributed by atoms with Crippen LogP contribution in [0.5, 0.6) is 0 Å². The molecule has 1 fully saturated rings. The normalized spacial score (nSPS) is 20.5. The van der Waals surface area contributed by atoms with Crippen LogP contribution in [-0.4, -0.2) is 22.5 Å². The van der Waals surface area contributed by atoms with E-state index in [-0.39, 0.29) is 0 Å². The zero-order valence-corrected chi connectivity index (χ0v) is 9.13. The molecule has 4 nitrogen and oxygen atoms in total. The van der Waals surface area contributed by atoms with Gasteiger partial charge in [0.05, 0.1) is 6.54 Å². The maximum atomic E-state index is 4.62. The average molecular weight is 288 g/mol. The van der Waals surface area contributed by atoms with E-state index < -0.39 is 0 Å². The van der Waals surface area contributed by atoms with Crippen molar-refractivity contribution in [2.45, 2.75) is 12.8 Å². The molecule has 0 bridgehead atoms. The van der Waals surface area contributed by atoms with Gasteiger partial charge < -0.3 is 5.32 Å². The molecule has 0 atom stereocenters. The number of halogens is 1. The van der Waals surface area contributed by atoms with Crippen LogP contribution in [-0.2, 0) is 0 Å². The average Bonchev–Trinajstić information content (AvgIpc) is 2.93. The second-order valence-corrected chi connectivity index (χ2v) is 4.49. The van der Waals surface area contributed by atoms with Crippen LogP contribution in [0.15, 0.2) is 4.99 Å². The molecule has 2 heterocycles. The zero-order chi connectivity index (χ0) is 8.84. The Morgan fingerprint density at radius 3 is 3.00 bits per heavy atom. The zero-order valence-electron chi connectivity index (χ0n) is 6.97. The van der Waals surface area contributed by atoms with Gasteiger partial charge in [0.25, 0.3) is 0 Å². The second kappa shape index (κ2) is 2.70. The lowest BCUT2D eigenvalue weighted by atomic mass is 10.2. The topological polar surface area (TPSA) is 53.1 Å². The van der Waals surface area contributed by atoms with E-state index in [1.54, 1.807) is 0 Å². The van der Waals surface area contributed by atoms with Gasteiger partial charge in [-0.05, 0) is 41.4 Å². The van der Waals surface area contributed by atoms with Crippen molar-refractivity contribution in [2.24, 2.45) is 10.9 Å². The van der Waals surface area contributed by atoms with Crippen LogP contribution >= 0.6 is 22.6 Å². The lowest BCUT2D eigenvalue weighted by molar-refractivity contribution is 1.05. The predicted octanol–water partition coefficient (Wildman–Crippen LogP) is 1.92. The molecule has 2 N–H and O–H groups in total. The van der Waals surface area contributed by atoms with Crippen molar-refractivity contribution in [3.05, 3.63) is 3.70 Å².